The molecule has 6 rings (SSSR count). The highest BCUT2D eigenvalue weighted by molar-refractivity contribution is 5.98. The van der Waals surface area contributed by atoms with E-state index in [1.807, 2.05) is 40.7 Å². The number of carbonyl (C=O) groups excluding carboxylic acids is 1. The lowest BCUT2D eigenvalue weighted by atomic mass is 9.89. The smallest absolute Gasteiger partial charge is 0.222 e. The third-order valence-corrected chi connectivity index (χ3v) is 6.85. The zero-order chi connectivity index (χ0) is 24.7. The maximum absolute atomic E-state index is 11.6. The Kier molecular flexibility index (Phi) is 5.69. The van der Waals surface area contributed by atoms with Crippen LogP contribution in [0, 0.1) is 0 Å². The Morgan fingerprint density at radius 3 is 3.00 bits per heavy atom. The van der Waals surface area contributed by atoms with E-state index in [4.69, 9.17) is 19.2 Å². The minimum Gasteiger partial charge on any atom is -0.491 e. The number of aromatic nitrogens is 5. The number of hydrogen-bond donors (Lipinski definition) is 1. The van der Waals surface area contributed by atoms with Gasteiger partial charge in [-0.1, -0.05) is 0 Å². The van der Waals surface area contributed by atoms with Crippen LogP contribution in [0.5, 0.6) is 5.75 Å². The van der Waals surface area contributed by atoms with Crippen LogP contribution in [0.4, 0.5) is 5.82 Å². The van der Waals surface area contributed by atoms with Gasteiger partial charge in [-0.15, -0.1) is 0 Å². The summed E-state index contributed by atoms with van der Waals surface area (Å²) in [5, 5.41) is 3.72. The number of nitrogens with one attached hydrogen (secondary N) is 1. The Hall–Kier alpha value is -3.76. The van der Waals surface area contributed by atoms with Crippen LogP contribution in [-0.4, -0.2) is 56.4 Å². The van der Waals surface area contributed by atoms with Gasteiger partial charge in [0.25, 0.3) is 0 Å². The molecule has 2 aliphatic heterocycles. The van der Waals surface area contributed by atoms with Gasteiger partial charge in [-0.2, -0.15) is 0 Å². The maximum Gasteiger partial charge on any atom is 0.222 e. The Morgan fingerprint density at radius 1 is 1.31 bits per heavy atom. The van der Waals surface area contributed by atoms with Gasteiger partial charge in [0.05, 0.1) is 49.2 Å². The number of fused-ring (bicyclic) bond motifs is 3. The molecule has 4 aromatic heterocycles. The van der Waals surface area contributed by atoms with Gasteiger partial charge >= 0.3 is 0 Å². The van der Waals surface area contributed by atoms with Crippen LogP contribution in [-0.2, 0) is 39.9 Å². The molecule has 0 radical (unpaired) electrons. The Bertz CT molecular complexity index is 1420. The number of ether oxygens (including phenoxy) is 3. The van der Waals surface area contributed by atoms with Crippen LogP contribution in [0.25, 0.3) is 22.2 Å². The molecule has 6 heterocycles. The Labute approximate surface area is 208 Å². The zero-order valence-corrected chi connectivity index (χ0v) is 20.4. The largest absolute Gasteiger partial charge is 0.491 e. The number of carbonyl (C=O) groups is 1. The van der Waals surface area contributed by atoms with Gasteiger partial charge in [-0.3, -0.25) is 4.79 Å². The third-order valence-electron chi connectivity index (χ3n) is 6.85. The molecular weight excluding hydrogens is 460 g/mol. The molecule has 0 saturated carbocycles. The fourth-order valence-corrected chi connectivity index (χ4v) is 5.11. The summed E-state index contributed by atoms with van der Waals surface area (Å²) in [5.74, 6) is 1.15. The van der Waals surface area contributed by atoms with Crippen molar-refractivity contribution in [1.82, 2.24) is 24.1 Å². The Balaban J connectivity index is 1.46. The van der Waals surface area contributed by atoms with Crippen molar-refractivity contribution in [2.24, 2.45) is 7.05 Å². The van der Waals surface area contributed by atoms with E-state index < -0.39 is 5.60 Å². The first kappa shape index (κ1) is 22.7. The van der Waals surface area contributed by atoms with Gasteiger partial charge in [-0.25, -0.2) is 15.0 Å². The molecule has 1 spiro atoms. The van der Waals surface area contributed by atoms with Gasteiger partial charge in [0.15, 0.2) is 0 Å². The number of nitrogens with zero attached hydrogens (tertiary/aromatic N) is 5. The van der Waals surface area contributed by atoms with Gasteiger partial charge in [-0.05, 0) is 6.07 Å². The second-order valence-electron chi connectivity index (χ2n) is 9.30. The molecule has 4 aromatic rings. The molecule has 2 aliphatic rings. The van der Waals surface area contributed by atoms with Crippen molar-refractivity contribution < 1.29 is 19.0 Å². The predicted octanol–water partition coefficient (Wildman–Crippen LogP) is 3.06. The fourth-order valence-electron chi connectivity index (χ4n) is 5.11. The Morgan fingerprint density at radius 2 is 2.22 bits per heavy atom. The molecule has 10 heteroatoms. The normalized spacial score (nSPS) is 19.1. The fraction of sp³-hybridized carbons (Fsp3) is 0.385. The molecule has 186 valence electrons. The summed E-state index contributed by atoms with van der Waals surface area (Å²) >= 11 is 0. The number of anilines is 1. The van der Waals surface area contributed by atoms with Crippen molar-refractivity contribution in [3.63, 3.8) is 0 Å². The van der Waals surface area contributed by atoms with E-state index in [9.17, 15) is 4.79 Å². The summed E-state index contributed by atoms with van der Waals surface area (Å²) in [5.41, 5.74) is 4.09. The average molecular weight is 489 g/mol. The molecule has 10 nitrogen and oxygen atoms in total. The van der Waals surface area contributed by atoms with Crippen molar-refractivity contribution in [2.45, 2.75) is 31.9 Å². The molecule has 0 aliphatic carbocycles. The van der Waals surface area contributed by atoms with Crippen molar-refractivity contribution in [3.05, 3.63) is 54.5 Å². The quantitative estimate of drug-likeness (QED) is 0.445. The summed E-state index contributed by atoms with van der Waals surface area (Å²) in [6.45, 7) is 4.40. The number of imidazole rings is 1. The average Bonchev–Trinajstić information content (AvgIpc) is 3.61. The summed E-state index contributed by atoms with van der Waals surface area (Å²) in [6, 6.07) is 3.91. The van der Waals surface area contributed by atoms with Crippen LogP contribution >= 0.6 is 0 Å². The number of rotatable bonds is 6. The maximum atomic E-state index is 11.6. The lowest BCUT2D eigenvalue weighted by molar-refractivity contribution is -0.114. The monoisotopic (exact) mass is 488 g/mol. The summed E-state index contributed by atoms with van der Waals surface area (Å²) in [4.78, 5) is 25.3. The van der Waals surface area contributed by atoms with Crippen LogP contribution < -0.4 is 10.1 Å². The first-order valence-corrected chi connectivity index (χ1v) is 12.1. The highest BCUT2D eigenvalue weighted by Crippen LogP contribution is 2.44. The van der Waals surface area contributed by atoms with Gasteiger partial charge < -0.3 is 28.7 Å². The predicted molar refractivity (Wildman–Crippen MR) is 133 cm³/mol. The SMILES string of the molecule is CC(=O)Nc1cc2c(-c3cc(OCCn4ccnc4)c4c(n3)C3(CCOC3)OCC4)cn(C)c2cn1. The molecule has 1 fully saturated rings. The van der Waals surface area contributed by atoms with E-state index in [-0.39, 0.29) is 5.91 Å². The molecule has 1 amide bonds. The van der Waals surface area contributed by atoms with Crippen molar-refractivity contribution in [3.8, 4) is 17.0 Å². The van der Waals surface area contributed by atoms with Crippen LogP contribution in [0.2, 0.25) is 0 Å². The van der Waals surface area contributed by atoms with Gasteiger partial charge in [0.1, 0.15) is 23.8 Å². The highest BCUT2D eigenvalue weighted by Gasteiger charge is 2.44. The minimum atomic E-state index is -0.556. The first-order chi connectivity index (χ1) is 17.5. The second kappa shape index (κ2) is 9.03. The molecule has 1 saturated heterocycles. The summed E-state index contributed by atoms with van der Waals surface area (Å²) < 4.78 is 22.5. The van der Waals surface area contributed by atoms with Crippen LogP contribution in [0.15, 0.2) is 43.2 Å². The molecule has 1 N–H and O–H groups in total. The lowest BCUT2D eigenvalue weighted by Gasteiger charge is -2.34. The minimum absolute atomic E-state index is 0.167. The van der Waals surface area contributed by atoms with E-state index >= 15 is 0 Å². The second-order valence-corrected chi connectivity index (χ2v) is 9.30. The van der Waals surface area contributed by atoms with Gasteiger partial charge in [0, 0.05) is 74.6 Å². The summed E-state index contributed by atoms with van der Waals surface area (Å²) in [7, 11) is 1.97. The van der Waals surface area contributed by atoms with E-state index in [2.05, 4.69) is 15.3 Å². The molecule has 1 unspecified atom stereocenters. The van der Waals surface area contributed by atoms with E-state index in [0.717, 1.165) is 52.0 Å². The summed E-state index contributed by atoms with van der Waals surface area (Å²) in [6.07, 6.45) is 10.8. The number of aryl methyl sites for hydroxylation is 1. The van der Waals surface area contributed by atoms with Crippen LogP contribution in [0.3, 0.4) is 0 Å². The van der Waals surface area contributed by atoms with E-state index in [0.29, 0.717) is 38.8 Å². The number of hydrogen-bond acceptors (Lipinski definition) is 7. The standard InChI is InChI=1S/C26H28N6O4/c1-17(33)29-24-11-19-20(14-31(2)22(19)13-28-24)21-12-23(35-10-7-32-6-5-27-16-32)18-3-8-36-26(25(18)30-21)4-9-34-15-26/h5-6,11-14,16H,3-4,7-10,15H2,1-2H3,(H,28,29,33). The third kappa shape index (κ3) is 4.02. The van der Waals surface area contributed by atoms with Crippen LogP contribution in [0.1, 0.15) is 24.6 Å². The number of pyridine rings is 2. The first-order valence-electron chi connectivity index (χ1n) is 12.1. The van der Waals surface area contributed by atoms with Gasteiger partial charge in [0.2, 0.25) is 5.91 Å². The van der Waals surface area contributed by atoms with Crippen molar-refractivity contribution in [1.29, 1.82) is 0 Å². The molecule has 36 heavy (non-hydrogen) atoms. The molecular formula is C26H28N6O4. The molecule has 0 bridgehead atoms. The van der Waals surface area contributed by atoms with Crippen molar-refractivity contribution >= 4 is 22.6 Å². The van der Waals surface area contributed by atoms with E-state index in [1.165, 1.54) is 6.92 Å². The topological polar surface area (TPSA) is 105 Å². The number of amides is 1. The zero-order valence-electron chi connectivity index (χ0n) is 20.4. The lowest BCUT2D eigenvalue weighted by Crippen LogP contribution is -2.37. The molecule has 1 atom stereocenters. The molecule has 0 aromatic carbocycles. The highest BCUT2D eigenvalue weighted by atomic mass is 16.6. The van der Waals surface area contributed by atoms with Crippen molar-refractivity contribution in [2.75, 3.05) is 31.7 Å². The van der Waals surface area contributed by atoms with E-state index in [1.54, 1.807) is 18.7 Å².